The van der Waals surface area contributed by atoms with Gasteiger partial charge in [-0.15, -0.1) is 0 Å². The van der Waals surface area contributed by atoms with Crippen molar-refractivity contribution in [2.45, 2.75) is 6.92 Å². The number of nitrogen functional groups attached to an aromatic ring is 3. The summed E-state index contributed by atoms with van der Waals surface area (Å²) in [4.78, 5) is 0. The molecule has 0 heterocycles. The molecule has 2 aromatic carbocycles. The Kier molecular flexibility index (Phi) is 2.44. The second kappa shape index (κ2) is 3.77. The van der Waals surface area contributed by atoms with Crippen LogP contribution >= 0.6 is 0 Å². The summed E-state index contributed by atoms with van der Waals surface area (Å²) in [5, 5.41) is 0. The maximum atomic E-state index is 5.96. The quantitative estimate of drug-likeness (QED) is 0.636. The molecule has 0 amide bonds. The molecular formula is C13H15N3. The van der Waals surface area contributed by atoms with Crippen LogP contribution in [0, 0.1) is 6.92 Å². The highest BCUT2D eigenvalue weighted by Gasteiger charge is 2.07. The fourth-order valence-corrected chi connectivity index (χ4v) is 1.72. The molecule has 0 radical (unpaired) electrons. The van der Waals surface area contributed by atoms with E-state index in [0.717, 1.165) is 11.1 Å². The van der Waals surface area contributed by atoms with Gasteiger partial charge in [0.15, 0.2) is 0 Å². The highest BCUT2D eigenvalue weighted by molar-refractivity contribution is 5.90. The maximum absolute atomic E-state index is 5.96. The number of rotatable bonds is 1. The van der Waals surface area contributed by atoms with Gasteiger partial charge in [-0.3, -0.25) is 0 Å². The van der Waals surface area contributed by atoms with E-state index in [0.29, 0.717) is 17.1 Å². The first-order chi connectivity index (χ1) is 7.59. The summed E-state index contributed by atoms with van der Waals surface area (Å²) in [6, 6.07) is 11.8. The third-order valence-corrected chi connectivity index (χ3v) is 2.65. The number of hydrogen-bond donors (Lipinski definition) is 3. The van der Waals surface area contributed by atoms with Crippen LogP contribution in [-0.2, 0) is 0 Å². The number of aryl methyl sites for hydroxylation is 1. The van der Waals surface area contributed by atoms with Crippen LogP contribution in [-0.4, -0.2) is 0 Å². The van der Waals surface area contributed by atoms with Gasteiger partial charge in [-0.05, 0) is 18.6 Å². The van der Waals surface area contributed by atoms with Crippen LogP contribution in [0.3, 0.4) is 0 Å². The SMILES string of the molecule is Cc1cccc(-c2ccc(N)c(N)c2N)c1. The fraction of sp³-hybridized carbons (Fsp3) is 0.0769. The van der Waals surface area contributed by atoms with Crippen LogP contribution in [0.4, 0.5) is 17.1 Å². The Morgan fingerprint density at radius 1 is 0.875 bits per heavy atom. The number of benzene rings is 2. The van der Waals surface area contributed by atoms with Crippen molar-refractivity contribution in [1.82, 2.24) is 0 Å². The van der Waals surface area contributed by atoms with Gasteiger partial charge in [0.25, 0.3) is 0 Å². The Hall–Kier alpha value is -2.16. The van der Waals surface area contributed by atoms with Gasteiger partial charge >= 0.3 is 0 Å². The molecule has 3 nitrogen and oxygen atoms in total. The Morgan fingerprint density at radius 2 is 1.62 bits per heavy atom. The largest absolute Gasteiger partial charge is 0.397 e. The molecular weight excluding hydrogens is 198 g/mol. The second-order valence-corrected chi connectivity index (χ2v) is 3.90. The average molecular weight is 213 g/mol. The highest BCUT2D eigenvalue weighted by atomic mass is 14.7. The molecule has 2 aromatic rings. The van der Waals surface area contributed by atoms with E-state index in [9.17, 15) is 0 Å². The van der Waals surface area contributed by atoms with Gasteiger partial charge in [-0.2, -0.15) is 0 Å². The van der Waals surface area contributed by atoms with Gasteiger partial charge in [0.05, 0.1) is 17.1 Å². The monoisotopic (exact) mass is 213 g/mol. The third kappa shape index (κ3) is 1.67. The van der Waals surface area contributed by atoms with Gasteiger partial charge in [0.2, 0.25) is 0 Å². The van der Waals surface area contributed by atoms with Crippen molar-refractivity contribution in [2.75, 3.05) is 17.2 Å². The summed E-state index contributed by atoms with van der Waals surface area (Å²) < 4.78 is 0. The lowest BCUT2D eigenvalue weighted by molar-refractivity contribution is 1.47. The Labute approximate surface area is 94.9 Å². The average Bonchev–Trinajstić information content (AvgIpc) is 2.26. The molecule has 3 heteroatoms. The molecule has 0 aromatic heterocycles. The summed E-state index contributed by atoms with van der Waals surface area (Å²) >= 11 is 0. The van der Waals surface area contributed by atoms with E-state index < -0.39 is 0 Å². The van der Waals surface area contributed by atoms with Crippen LogP contribution < -0.4 is 17.2 Å². The van der Waals surface area contributed by atoms with E-state index in [4.69, 9.17) is 17.2 Å². The minimum absolute atomic E-state index is 0.457. The Balaban J connectivity index is 2.61. The lowest BCUT2D eigenvalue weighted by Gasteiger charge is -2.11. The lowest BCUT2D eigenvalue weighted by atomic mass is 10.0. The molecule has 2 rings (SSSR count). The van der Waals surface area contributed by atoms with Gasteiger partial charge in [-0.25, -0.2) is 0 Å². The van der Waals surface area contributed by atoms with E-state index in [-0.39, 0.29) is 0 Å². The number of anilines is 3. The first-order valence-electron chi connectivity index (χ1n) is 5.10. The summed E-state index contributed by atoms with van der Waals surface area (Å²) in [5.74, 6) is 0. The molecule has 6 N–H and O–H groups in total. The van der Waals surface area contributed by atoms with Crippen LogP contribution in [0.5, 0.6) is 0 Å². The Bertz CT molecular complexity index is 533. The van der Waals surface area contributed by atoms with Crippen LogP contribution in [0.2, 0.25) is 0 Å². The summed E-state index contributed by atoms with van der Waals surface area (Å²) in [5.41, 5.74) is 22.2. The first-order valence-corrected chi connectivity index (χ1v) is 5.10. The van der Waals surface area contributed by atoms with Crippen LogP contribution in [0.15, 0.2) is 36.4 Å². The molecule has 0 aliphatic heterocycles. The normalized spacial score (nSPS) is 10.3. The van der Waals surface area contributed by atoms with Crippen molar-refractivity contribution in [3.8, 4) is 11.1 Å². The van der Waals surface area contributed by atoms with Crippen molar-refractivity contribution < 1.29 is 0 Å². The van der Waals surface area contributed by atoms with Crippen molar-refractivity contribution in [3.05, 3.63) is 42.0 Å². The van der Waals surface area contributed by atoms with Crippen molar-refractivity contribution in [1.29, 1.82) is 0 Å². The van der Waals surface area contributed by atoms with Crippen molar-refractivity contribution in [3.63, 3.8) is 0 Å². The maximum Gasteiger partial charge on any atom is 0.0787 e. The molecule has 0 fully saturated rings. The standard InChI is InChI=1S/C13H15N3/c1-8-3-2-4-9(7-8)10-5-6-11(14)13(16)12(10)15/h2-7H,14-16H2,1H3. The Morgan fingerprint density at radius 3 is 2.31 bits per heavy atom. The molecule has 0 bridgehead atoms. The number of nitrogens with two attached hydrogens (primary N) is 3. The van der Waals surface area contributed by atoms with E-state index in [1.807, 2.05) is 31.2 Å². The van der Waals surface area contributed by atoms with Crippen molar-refractivity contribution >= 4 is 17.1 Å². The summed E-state index contributed by atoms with van der Waals surface area (Å²) in [6.07, 6.45) is 0. The summed E-state index contributed by atoms with van der Waals surface area (Å²) in [7, 11) is 0. The summed E-state index contributed by atoms with van der Waals surface area (Å²) in [6.45, 7) is 2.04. The minimum Gasteiger partial charge on any atom is -0.397 e. The molecule has 0 aliphatic rings. The van der Waals surface area contributed by atoms with Gasteiger partial charge < -0.3 is 17.2 Å². The first kappa shape index (κ1) is 10.4. The van der Waals surface area contributed by atoms with Crippen LogP contribution in [0.25, 0.3) is 11.1 Å². The molecule has 0 saturated carbocycles. The second-order valence-electron chi connectivity index (χ2n) is 3.90. The molecule has 82 valence electrons. The predicted molar refractivity (Wildman–Crippen MR) is 69.9 cm³/mol. The van der Waals surface area contributed by atoms with Gasteiger partial charge in [0.1, 0.15) is 0 Å². The van der Waals surface area contributed by atoms with E-state index in [1.54, 1.807) is 6.07 Å². The van der Waals surface area contributed by atoms with E-state index in [1.165, 1.54) is 5.56 Å². The zero-order valence-electron chi connectivity index (χ0n) is 9.20. The van der Waals surface area contributed by atoms with Gasteiger partial charge in [-0.1, -0.05) is 35.9 Å². The smallest absolute Gasteiger partial charge is 0.0787 e. The van der Waals surface area contributed by atoms with E-state index >= 15 is 0 Å². The van der Waals surface area contributed by atoms with E-state index in [2.05, 4.69) is 6.07 Å². The highest BCUT2D eigenvalue weighted by Crippen LogP contribution is 2.33. The molecule has 0 aliphatic carbocycles. The van der Waals surface area contributed by atoms with Gasteiger partial charge in [0, 0.05) is 5.56 Å². The molecule has 0 spiro atoms. The molecule has 0 saturated heterocycles. The molecule has 0 unspecified atom stereocenters. The zero-order chi connectivity index (χ0) is 11.7. The zero-order valence-corrected chi connectivity index (χ0v) is 9.20. The lowest BCUT2D eigenvalue weighted by Crippen LogP contribution is -2.01. The topological polar surface area (TPSA) is 78.1 Å². The predicted octanol–water partition coefficient (Wildman–Crippen LogP) is 2.41. The minimum atomic E-state index is 0.457. The van der Waals surface area contributed by atoms with Crippen LogP contribution in [0.1, 0.15) is 5.56 Å². The number of hydrogen-bond acceptors (Lipinski definition) is 3. The fourth-order valence-electron chi connectivity index (χ4n) is 1.72. The molecule has 0 atom stereocenters. The van der Waals surface area contributed by atoms with Crippen molar-refractivity contribution in [2.24, 2.45) is 0 Å². The third-order valence-electron chi connectivity index (χ3n) is 2.65. The molecule has 16 heavy (non-hydrogen) atoms.